The molecule has 0 bridgehead atoms. The number of epoxide rings is 1. The van der Waals surface area contributed by atoms with Gasteiger partial charge in [-0.25, -0.2) is 4.79 Å². The van der Waals surface area contributed by atoms with Crippen molar-refractivity contribution in [2.24, 2.45) is 5.92 Å². The summed E-state index contributed by atoms with van der Waals surface area (Å²) in [4.78, 5) is 37.5. The number of nitrogens with one attached hydrogen (secondary N) is 2. The molecule has 3 unspecified atom stereocenters. The van der Waals surface area contributed by atoms with Crippen molar-refractivity contribution in [2.75, 3.05) is 26.5 Å². The van der Waals surface area contributed by atoms with Crippen molar-refractivity contribution in [3.05, 3.63) is 53.1 Å². The second-order valence-corrected chi connectivity index (χ2v) is 10.1. The Kier molecular flexibility index (Phi) is 8.53. The van der Waals surface area contributed by atoms with Crippen molar-refractivity contribution < 1.29 is 38.4 Å². The molecule has 1 aromatic rings. The van der Waals surface area contributed by atoms with Crippen LogP contribution in [0, 0.1) is 5.92 Å². The molecule has 10 heteroatoms. The first-order valence-electron chi connectivity index (χ1n) is 13.2. The number of hydrogen-bond donors (Lipinski definition) is 3. The van der Waals surface area contributed by atoms with Crippen molar-refractivity contribution in [2.45, 2.75) is 62.6 Å². The summed E-state index contributed by atoms with van der Waals surface area (Å²) in [5, 5.41) is 14.0. The van der Waals surface area contributed by atoms with E-state index in [0.717, 1.165) is 24.8 Å². The van der Waals surface area contributed by atoms with Crippen molar-refractivity contribution in [3.8, 4) is 0 Å². The number of allylic oxidation sites excluding steroid dienone is 1. The van der Waals surface area contributed by atoms with Crippen LogP contribution < -0.4 is 10.6 Å². The Balaban J connectivity index is 1.17. The predicted octanol–water partition coefficient (Wildman–Crippen LogP) is 1.48. The van der Waals surface area contributed by atoms with Crippen LogP contribution in [-0.4, -0.2) is 79.9 Å². The molecule has 2 amide bonds. The van der Waals surface area contributed by atoms with Crippen LogP contribution in [0.4, 0.5) is 0 Å². The van der Waals surface area contributed by atoms with Crippen LogP contribution in [0.1, 0.15) is 48.0 Å². The standard InChI is InChI=1S/C28H34N2O8/c31-11-10-29-25(32)8-9-30-27(33)20-14-23-26(36-16-35-23)24(15-20)38-28(34)19-3-1-2-17(12-19)4-5-18-6-7-21-22(13-18)37-21/h1-5,12,14,18,21-24,26,31H,6-11,13,15-16H2,(H,29,32)(H,30,33)/t18?,21?,22?,23-,24-,26-/m1/s1. The molecule has 6 atom stereocenters. The second kappa shape index (κ2) is 12.2. The maximum atomic E-state index is 13.1. The highest BCUT2D eigenvalue weighted by molar-refractivity contribution is 5.94. The molecule has 3 fully saturated rings. The summed E-state index contributed by atoms with van der Waals surface area (Å²) in [5.74, 6) is -0.626. The maximum Gasteiger partial charge on any atom is 0.338 e. The zero-order valence-electron chi connectivity index (χ0n) is 21.2. The lowest BCUT2D eigenvalue weighted by molar-refractivity contribution is -0.121. The molecular weight excluding hydrogens is 492 g/mol. The van der Waals surface area contributed by atoms with Crippen molar-refractivity contribution in [3.63, 3.8) is 0 Å². The summed E-state index contributed by atoms with van der Waals surface area (Å²) in [6.45, 7) is 0.210. The molecule has 2 aliphatic carbocycles. The SMILES string of the molecule is O=C(CCNC(=O)C1=C[C@H]2OCO[C@H]2[C@H](OC(=O)c2cccc(C=CC3CCC4OC4C3)c2)C1)NCCO. The number of fused-ring (bicyclic) bond motifs is 2. The van der Waals surface area contributed by atoms with E-state index in [1.54, 1.807) is 18.2 Å². The van der Waals surface area contributed by atoms with Gasteiger partial charge in [0.1, 0.15) is 25.1 Å². The van der Waals surface area contributed by atoms with Crippen LogP contribution in [0.5, 0.6) is 0 Å². The van der Waals surface area contributed by atoms with Gasteiger partial charge < -0.3 is 34.7 Å². The number of benzene rings is 1. The number of amides is 2. The minimum atomic E-state index is -0.693. The summed E-state index contributed by atoms with van der Waals surface area (Å²) in [7, 11) is 0. The third kappa shape index (κ3) is 6.68. The molecule has 2 saturated heterocycles. The highest BCUT2D eigenvalue weighted by Crippen LogP contribution is 2.40. The van der Waals surface area contributed by atoms with E-state index in [0.29, 0.717) is 29.3 Å². The van der Waals surface area contributed by atoms with Crippen LogP contribution in [0.15, 0.2) is 42.0 Å². The van der Waals surface area contributed by atoms with E-state index >= 15 is 0 Å². The van der Waals surface area contributed by atoms with Crippen molar-refractivity contribution in [1.82, 2.24) is 10.6 Å². The molecule has 2 heterocycles. The fraction of sp³-hybridized carbons (Fsp3) is 0.536. The predicted molar refractivity (Wildman–Crippen MR) is 136 cm³/mol. The Labute approximate surface area is 221 Å². The van der Waals surface area contributed by atoms with Gasteiger partial charge in [0.2, 0.25) is 11.8 Å². The number of aliphatic hydroxyl groups excluding tert-OH is 1. The fourth-order valence-corrected chi connectivity index (χ4v) is 5.24. The van der Waals surface area contributed by atoms with Gasteiger partial charge in [0.25, 0.3) is 0 Å². The van der Waals surface area contributed by atoms with Crippen LogP contribution >= 0.6 is 0 Å². The maximum absolute atomic E-state index is 13.1. The number of ether oxygens (including phenoxy) is 4. The molecule has 0 spiro atoms. The van der Waals surface area contributed by atoms with Crippen LogP contribution in [-0.2, 0) is 28.5 Å². The van der Waals surface area contributed by atoms with Gasteiger partial charge in [-0.1, -0.05) is 24.3 Å². The molecule has 10 nitrogen and oxygen atoms in total. The smallest absolute Gasteiger partial charge is 0.338 e. The number of carbonyl (C=O) groups is 3. The molecule has 0 radical (unpaired) electrons. The van der Waals surface area contributed by atoms with E-state index < -0.39 is 24.3 Å². The summed E-state index contributed by atoms with van der Waals surface area (Å²) in [6, 6.07) is 7.29. The van der Waals surface area contributed by atoms with Gasteiger partial charge in [-0.15, -0.1) is 0 Å². The van der Waals surface area contributed by atoms with Gasteiger partial charge in [-0.2, -0.15) is 0 Å². The molecule has 204 valence electrons. The van der Waals surface area contributed by atoms with Gasteiger partial charge in [0, 0.05) is 31.5 Å². The number of esters is 1. The lowest BCUT2D eigenvalue weighted by atomic mass is 9.88. The molecule has 1 saturated carbocycles. The summed E-state index contributed by atoms with van der Waals surface area (Å²) >= 11 is 0. The Hall–Kier alpha value is -3.05. The third-order valence-electron chi connectivity index (χ3n) is 7.35. The molecule has 4 aliphatic rings. The van der Waals surface area contributed by atoms with E-state index in [2.05, 4.69) is 16.7 Å². The molecule has 5 rings (SSSR count). The topological polar surface area (TPSA) is 136 Å². The summed E-state index contributed by atoms with van der Waals surface area (Å²) in [6.07, 6.45) is 8.65. The van der Waals surface area contributed by atoms with Crippen molar-refractivity contribution >= 4 is 23.9 Å². The molecule has 0 aromatic heterocycles. The van der Waals surface area contributed by atoms with Gasteiger partial charge in [0.05, 0.1) is 24.4 Å². The number of carbonyl (C=O) groups excluding carboxylic acids is 3. The van der Waals surface area contributed by atoms with Gasteiger partial charge >= 0.3 is 5.97 Å². The second-order valence-electron chi connectivity index (χ2n) is 10.1. The Bertz CT molecular complexity index is 1100. The van der Waals surface area contributed by atoms with Gasteiger partial charge in [-0.05, 0) is 49.0 Å². The number of rotatable bonds is 10. The molecular formula is C28H34N2O8. The average Bonchev–Trinajstić information content (AvgIpc) is 3.55. The highest BCUT2D eigenvalue weighted by atomic mass is 16.7. The van der Waals surface area contributed by atoms with Gasteiger partial charge in [-0.3, -0.25) is 9.59 Å². The first-order chi connectivity index (χ1) is 18.5. The largest absolute Gasteiger partial charge is 0.456 e. The Morgan fingerprint density at radius 2 is 2.00 bits per heavy atom. The highest BCUT2D eigenvalue weighted by Gasteiger charge is 2.43. The van der Waals surface area contributed by atoms with E-state index in [-0.39, 0.29) is 51.1 Å². The lowest BCUT2D eigenvalue weighted by Gasteiger charge is -2.30. The van der Waals surface area contributed by atoms with E-state index in [1.807, 2.05) is 18.2 Å². The monoisotopic (exact) mass is 526 g/mol. The fourth-order valence-electron chi connectivity index (χ4n) is 5.24. The molecule has 38 heavy (non-hydrogen) atoms. The normalized spacial score (nSPS) is 29.7. The first kappa shape index (κ1) is 26.6. The minimum absolute atomic E-state index is 0.0495. The molecule has 1 aromatic carbocycles. The number of aliphatic hydroxyl groups is 1. The quantitative estimate of drug-likeness (QED) is 0.308. The van der Waals surface area contributed by atoms with Crippen LogP contribution in [0.3, 0.4) is 0 Å². The van der Waals surface area contributed by atoms with E-state index in [4.69, 9.17) is 24.1 Å². The summed E-state index contributed by atoms with van der Waals surface area (Å²) in [5.41, 5.74) is 1.76. The number of hydrogen-bond acceptors (Lipinski definition) is 8. The first-order valence-corrected chi connectivity index (χ1v) is 13.2. The lowest BCUT2D eigenvalue weighted by Crippen LogP contribution is -2.43. The van der Waals surface area contributed by atoms with Crippen molar-refractivity contribution in [1.29, 1.82) is 0 Å². The Morgan fingerprint density at radius 1 is 1.11 bits per heavy atom. The molecule has 2 aliphatic heterocycles. The van der Waals surface area contributed by atoms with E-state index in [1.165, 1.54) is 0 Å². The molecule has 3 N–H and O–H groups in total. The summed E-state index contributed by atoms with van der Waals surface area (Å²) < 4.78 is 22.7. The third-order valence-corrected chi connectivity index (χ3v) is 7.35. The van der Waals surface area contributed by atoms with E-state index in [9.17, 15) is 14.4 Å². The zero-order chi connectivity index (χ0) is 26.5. The average molecular weight is 527 g/mol. The van der Waals surface area contributed by atoms with Crippen LogP contribution in [0.25, 0.3) is 6.08 Å². The van der Waals surface area contributed by atoms with Gasteiger partial charge in [0.15, 0.2) is 0 Å². The van der Waals surface area contributed by atoms with Crippen LogP contribution in [0.2, 0.25) is 0 Å². The Morgan fingerprint density at radius 3 is 2.84 bits per heavy atom. The zero-order valence-corrected chi connectivity index (χ0v) is 21.2. The minimum Gasteiger partial charge on any atom is -0.456 e.